The molecule has 2 aromatic rings. The maximum Gasteiger partial charge on any atom is 0.255 e. The molecule has 0 spiro atoms. The van der Waals surface area contributed by atoms with Crippen molar-refractivity contribution in [3.8, 4) is 0 Å². The Kier molecular flexibility index (Phi) is 4.56. The third-order valence-electron chi connectivity index (χ3n) is 4.43. The molecule has 1 aliphatic heterocycles. The fourth-order valence-corrected chi connectivity index (χ4v) is 4.46. The predicted molar refractivity (Wildman–Crippen MR) is 93.3 cm³/mol. The van der Waals surface area contributed by atoms with Crippen LogP contribution in [0.3, 0.4) is 0 Å². The molecule has 0 radical (unpaired) electrons. The number of para-hydroxylation sites is 1. The Morgan fingerprint density at radius 2 is 2.04 bits per heavy atom. The maximum absolute atomic E-state index is 12.8. The number of likely N-dealkylation sites (tertiary alicyclic amines) is 1. The average molecular weight is 347 g/mol. The Labute approximate surface area is 142 Å². The molecule has 1 aliphatic rings. The van der Waals surface area contributed by atoms with Crippen molar-refractivity contribution in [3.63, 3.8) is 0 Å². The highest BCUT2D eigenvalue weighted by Crippen LogP contribution is 2.21. The van der Waals surface area contributed by atoms with Crippen molar-refractivity contribution in [2.45, 2.75) is 18.1 Å². The molecular formula is C17H21N3O3S. The smallest absolute Gasteiger partial charge is 0.255 e. The van der Waals surface area contributed by atoms with Gasteiger partial charge in [0.25, 0.3) is 5.91 Å². The number of carbonyl (C=O) groups excluding carboxylic acids is 1. The molecule has 7 heteroatoms. The molecule has 24 heavy (non-hydrogen) atoms. The van der Waals surface area contributed by atoms with E-state index in [4.69, 9.17) is 0 Å². The number of hydrogen-bond donors (Lipinski definition) is 0. The summed E-state index contributed by atoms with van der Waals surface area (Å²) in [4.78, 5) is 18.7. The molecule has 3 rings (SSSR count). The van der Waals surface area contributed by atoms with Crippen molar-refractivity contribution in [1.29, 1.82) is 0 Å². The van der Waals surface area contributed by atoms with Crippen molar-refractivity contribution in [2.75, 3.05) is 27.2 Å². The van der Waals surface area contributed by atoms with Crippen molar-refractivity contribution in [3.05, 3.63) is 42.1 Å². The Morgan fingerprint density at radius 1 is 1.29 bits per heavy atom. The first-order chi connectivity index (χ1) is 11.4. The van der Waals surface area contributed by atoms with E-state index in [0.717, 1.165) is 10.9 Å². The van der Waals surface area contributed by atoms with Gasteiger partial charge in [0.15, 0.2) is 0 Å². The van der Waals surface area contributed by atoms with Gasteiger partial charge in [0.1, 0.15) is 0 Å². The van der Waals surface area contributed by atoms with Gasteiger partial charge in [-0.1, -0.05) is 18.2 Å². The third-order valence-corrected chi connectivity index (χ3v) is 6.68. The normalized spacial score (nSPS) is 19.0. The van der Waals surface area contributed by atoms with Crippen LogP contribution < -0.4 is 0 Å². The lowest BCUT2D eigenvalue weighted by Crippen LogP contribution is -2.48. The number of rotatable bonds is 3. The van der Waals surface area contributed by atoms with Crippen LogP contribution in [0.5, 0.6) is 0 Å². The number of sulfonamides is 1. The summed E-state index contributed by atoms with van der Waals surface area (Å²) in [5.41, 5.74) is 1.33. The molecule has 1 unspecified atom stereocenters. The van der Waals surface area contributed by atoms with Gasteiger partial charge in [-0.2, -0.15) is 0 Å². The van der Waals surface area contributed by atoms with E-state index in [-0.39, 0.29) is 12.5 Å². The van der Waals surface area contributed by atoms with Gasteiger partial charge in [-0.05, 0) is 25.0 Å². The fraction of sp³-hybridized carbons (Fsp3) is 0.412. The highest BCUT2D eigenvalue weighted by atomic mass is 32.2. The number of fused-ring (bicyclic) bond motifs is 1. The number of benzene rings is 1. The second-order valence-corrected chi connectivity index (χ2v) is 8.69. The lowest BCUT2D eigenvalue weighted by atomic mass is 10.1. The summed E-state index contributed by atoms with van der Waals surface area (Å²) >= 11 is 0. The van der Waals surface area contributed by atoms with Crippen LogP contribution in [-0.2, 0) is 10.0 Å². The topological polar surface area (TPSA) is 70.6 Å². The number of pyridine rings is 1. The van der Waals surface area contributed by atoms with Crippen LogP contribution in [0.4, 0.5) is 0 Å². The summed E-state index contributed by atoms with van der Waals surface area (Å²) in [5.74, 6) is -0.160. The molecule has 128 valence electrons. The Hall–Kier alpha value is -1.99. The first-order valence-electron chi connectivity index (χ1n) is 7.95. The minimum Gasteiger partial charge on any atom is -0.337 e. The van der Waals surface area contributed by atoms with E-state index in [1.807, 2.05) is 30.3 Å². The van der Waals surface area contributed by atoms with Crippen LogP contribution in [-0.4, -0.2) is 60.9 Å². The Bertz CT molecular complexity index is 864. The summed E-state index contributed by atoms with van der Waals surface area (Å²) in [6.45, 7) is 0.803. The summed E-state index contributed by atoms with van der Waals surface area (Å²) in [6, 6.07) is 9.42. The molecule has 0 bridgehead atoms. The molecular weight excluding hydrogens is 326 g/mol. The summed E-state index contributed by atoms with van der Waals surface area (Å²) in [6.07, 6.45) is 2.83. The van der Waals surface area contributed by atoms with E-state index < -0.39 is 15.3 Å². The van der Waals surface area contributed by atoms with Crippen LogP contribution in [0.2, 0.25) is 0 Å². The zero-order chi connectivity index (χ0) is 17.3. The zero-order valence-corrected chi connectivity index (χ0v) is 14.7. The lowest BCUT2D eigenvalue weighted by molar-refractivity contribution is 0.0725. The van der Waals surface area contributed by atoms with Gasteiger partial charge >= 0.3 is 0 Å². The van der Waals surface area contributed by atoms with Crippen molar-refractivity contribution in [2.24, 2.45) is 0 Å². The number of piperidine rings is 1. The van der Waals surface area contributed by atoms with Crippen LogP contribution in [0.25, 0.3) is 10.9 Å². The summed E-state index contributed by atoms with van der Waals surface area (Å²) in [5, 5.41) is 0.358. The molecule has 1 atom stereocenters. The van der Waals surface area contributed by atoms with E-state index in [0.29, 0.717) is 24.9 Å². The molecule has 2 heterocycles. The van der Waals surface area contributed by atoms with Gasteiger partial charge in [-0.3, -0.25) is 9.78 Å². The highest BCUT2D eigenvalue weighted by molar-refractivity contribution is 7.89. The van der Waals surface area contributed by atoms with E-state index in [1.165, 1.54) is 18.4 Å². The van der Waals surface area contributed by atoms with Crippen molar-refractivity contribution < 1.29 is 13.2 Å². The molecule has 0 saturated carbocycles. The zero-order valence-electron chi connectivity index (χ0n) is 13.8. The van der Waals surface area contributed by atoms with Crippen molar-refractivity contribution >= 4 is 26.8 Å². The van der Waals surface area contributed by atoms with E-state index >= 15 is 0 Å². The molecule has 1 aromatic heterocycles. The molecule has 0 aliphatic carbocycles. The van der Waals surface area contributed by atoms with Crippen LogP contribution in [0.1, 0.15) is 23.2 Å². The third kappa shape index (κ3) is 3.14. The Morgan fingerprint density at radius 3 is 2.79 bits per heavy atom. The minimum atomic E-state index is -3.36. The number of nitrogens with zero attached hydrogens (tertiary/aromatic N) is 3. The van der Waals surface area contributed by atoms with Gasteiger partial charge in [0.2, 0.25) is 10.0 Å². The van der Waals surface area contributed by atoms with Crippen molar-refractivity contribution in [1.82, 2.24) is 14.2 Å². The number of aromatic nitrogens is 1. The second kappa shape index (κ2) is 6.49. The first kappa shape index (κ1) is 16.9. The van der Waals surface area contributed by atoms with E-state index in [9.17, 15) is 13.2 Å². The monoisotopic (exact) mass is 347 g/mol. The number of amides is 1. The first-order valence-corrected chi connectivity index (χ1v) is 9.45. The molecule has 1 aromatic carbocycles. The summed E-state index contributed by atoms with van der Waals surface area (Å²) < 4.78 is 25.9. The number of carbonyl (C=O) groups is 1. The van der Waals surface area contributed by atoms with Gasteiger partial charge in [0.05, 0.1) is 16.3 Å². The fourth-order valence-electron chi connectivity index (χ4n) is 3.03. The lowest BCUT2D eigenvalue weighted by Gasteiger charge is -2.33. The molecule has 1 fully saturated rings. The van der Waals surface area contributed by atoms with Gasteiger partial charge < -0.3 is 4.90 Å². The van der Waals surface area contributed by atoms with E-state index in [2.05, 4.69) is 4.98 Å². The van der Waals surface area contributed by atoms with Crippen LogP contribution >= 0.6 is 0 Å². The largest absolute Gasteiger partial charge is 0.337 e. The minimum absolute atomic E-state index is 0.160. The van der Waals surface area contributed by atoms with Crippen LogP contribution in [0.15, 0.2) is 36.5 Å². The SMILES string of the molecule is CN(C)S(=O)(=O)C1CCCN(C(=O)c2cnc3ccccc3c2)C1. The van der Waals surface area contributed by atoms with E-state index in [1.54, 1.807) is 11.1 Å². The molecule has 0 N–H and O–H groups in total. The molecule has 6 nitrogen and oxygen atoms in total. The summed E-state index contributed by atoms with van der Waals surface area (Å²) in [7, 11) is -0.297. The maximum atomic E-state index is 12.8. The van der Waals surface area contributed by atoms with Gasteiger partial charge in [-0.25, -0.2) is 12.7 Å². The molecule has 1 saturated heterocycles. The standard InChI is InChI=1S/C17H21N3O3S/c1-19(2)24(22,23)15-7-5-9-20(12-15)17(21)14-10-13-6-3-4-8-16(13)18-11-14/h3-4,6,8,10-11,15H,5,7,9,12H2,1-2H3. The Balaban J connectivity index is 1.83. The quantitative estimate of drug-likeness (QED) is 0.848. The molecule has 1 amide bonds. The number of hydrogen-bond acceptors (Lipinski definition) is 4. The highest BCUT2D eigenvalue weighted by Gasteiger charge is 2.34. The predicted octanol–water partition coefficient (Wildman–Crippen LogP) is 1.73. The van der Waals surface area contributed by atoms with Gasteiger partial charge in [-0.15, -0.1) is 0 Å². The van der Waals surface area contributed by atoms with Gasteiger partial charge in [0, 0.05) is 38.8 Å². The average Bonchev–Trinajstić information content (AvgIpc) is 2.60. The van der Waals surface area contributed by atoms with Crippen LogP contribution in [0, 0.1) is 0 Å². The second-order valence-electron chi connectivity index (χ2n) is 6.26.